The van der Waals surface area contributed by atoms with Crippen LogP contribution in [0.2, 0.25) is 0 Å². The van der Waals surface area contributed by atoms with Gasteiger partial charge < -0.3 is 117 Å². The smallest absolute Gasteiger partial charge is 0.326 e. The maximum Gasteiger partial charge on any atom is 0.326 e. The second-order valence-electron chi connectivity index (χ2n) is 27.9. The molecule has 0 fully saturated rings. The van der Waals surface area contributed by atoms with Crippen molar-refractivity contribution in [2.45, 2.75) is 157 Å². The van der Waals surface area contributed by atoms with Crippen LogP contribution in [-0.4, -0.2) is 199 Å². The molecule has 37 heteroatoms. The third-order valence-corrected chi connectivity index (χ3v) is 19.1. The number of carbonyl (C=O) groups excluding carboxylic acids is 9. The number of benzene rings is 5. The Morgan fingerprint density at radius 3 is 0.897 bits per heavy atom. The number of rotatable bonds is 47. The number of carboxylic acid groups (broad SMARTS) is 3. The number of nitrogens with two attached hydrogens (primary N) is 4. The van der Waals surface area contributed by atoms with Crippen molar-refractivity contribution in [2.75, 3.05) is 19.6 Å². The number of amides is 9. The molecule has 0 saturated heterocycles. The fraction of sp³-hybridized carbons (Fsp3) is 0.354. The molecule has 3 heterocycles. The van der Waals surface area contributed by atoms with Gasteiger partial charge in [0.05, 0.1) is 6.04 Å². The van der Waals surface area contributed by atoms with E-state index in [0.29, 0.717) is 44.1 Å². The highest BCUT2D eigenvalue weighted by Crippen LogP contribution is 2.24. The van der Waals surface area contributed by atoms with Crippen molar-refractivity contribution in [1.29, 1.82) is 16.2 Å². The third kappa shape index (κ3) is 27.5. The monoisotopic (exact) mass is 1600 g/mol. The summed E-state index contributed by atoms with van der Waals surface area (Å²) in [6, 6.07) is 22.7. The molecule has 0 saturated carbocycles. The molecule has 3 aromatic heterocycles. The average Bonchev–Trinajstić information content (AvgIpc) is 1.64. The zero-order chi connectivity index (χ0) is 83.8. The van der Waals surface area contributed by atoms with Gasteiger partial charge in [-0.3, -0.25) is 69.0 Å². The summed E-state index contributed by atoms with van der Waals surface area (Å²) in [7, 11) is 0. The van der Waals surface area contributed by atoms with Crippen molar-refractivity contribution in [3.05, 3.63) is 180 Å². The van der Waals surface area contributed by atoms with E-state index in [0.717, 1.165) is 16.5 Å². The first kappa shape index (κ1) is 87.7. The number of aromatic amines is 3. The van der Waals surface area contributed by atoms with E-state index in [1.165, 1.54) is 0 Å². The number of carbonyl (C=O) groups is 12. The van der Waals surface area contributed by atoms with Crippen LogP contribution in [0, 0.1) is 16.2 Å². The molecule has 0 radical (unpaired) electrons. The molecule has 0 spiro atoms. The molecule has 5 aromatic carbocycles. The maximum atomic E-state index is 15.3. The van der Waals surface area contributed by atoms with Gasteiger partial charge >= 0.3 is 17.9 Å². The zero-order valence-corrected chi connectivity index (χ0v) is 63.5. The lowest BCUT2D eigenvalue weighted by molar-refractivity contribution is -0.143. The Kier molecular flexibility index (Phi) is 33.1. The van der Waals surface area contributed by atoms with Gasteiger partial charge in [-0.05, 0) is 104 Å². The zero-order valence-electron chi connectivity index (χ0n) is 63.5. The van der Waals surface area contributed by atoms with Crippen LogP contribution < -0.4 is 86.7 Å². The molecule has 0 aliphatic heterocycles. The van der Waals surface area contributed by atoms with Crippen molar-refractivity contribution in [2.24, 2.45) is 22.9 Å². The summed E-state index contributed by atoms with van der Waals surface area (Å²) in [5.74, 6) is -14.3. The number of carboxylic acids is 3. The Hall–Kier alpha value is -13.9. The third-order valence-electron chi connectivity index (χ3n) is 19.1. The first-order valence-electron chi connectivity index (χ1n) is 37.7. The SMILES string of the molecule is N=C(N)NCCC[C@H](NC(=O)[C@H](CCC(=O)O)NC(=O)[C@H](Cc1c[nH]c2ccccc12)NC(=O)[C@H](CCCNC(=N)N)NC(=O)[C@H](CCCNC(=N)N)NC(=O)[C@H](Cc1ccccc1)NC(=O)[C@@H](N)Cc1c[nH]c2ccccc12)C(=O)N[C@@H](Cc1c[nH]c2ccccc12)C(=O)N[C@@H](Cc1ccccc1)C(=O)N[C@@H](CCC(=O)O)C(=O)O. The summed E-state index contributed by atoms with van der Waals surface area (Å²) in [6.07, 6.45) is 0.948. The predicted molar refractivity (Wildman–Crippen MR) is 430 cm³/mol. The number of aliphatic carboxylic acids is 3. The van der Waals surface area contributed by atoms with Crippen LogP contribution in [0.1, 0.15) is 92.0 Å². The van der Waals surface area contributed by atoms with Gasteiger partial charge in [0.15, 0.2) is 17.9 Å². The molecule has 8 aromatic rings. The van der Waals surface area contributed by atoms with Crippen LogP contribution in [0.15, 0.2) is 152 Å². The van der Waals surface area contributed by atoms with E-state index < -0.39 is 169 Å². The van der Waals surface area contributed by atoms with Crippen LogP contribution in [0.5, 0.6) is 0 Å². The van der Waals surface area contributed by atoms with Crippen molar-refractivity contribution in [3.63, 3.8) is 0 Å². The largest absolute Gasteiger partial charge is 0.481 e. The number of guanidine groups is 3. The molecular formula is C79H100N22O15. The topological polar surface area (TPSA) is 633 Å². The minimum atomic E-state index is -1.83. The first-order valence-corrected chi connectivity index (χ1v) is 37.7. The lowest BCUT2D eigenvalue weighted by atomic mass is 10.0. The summed E-state index contributed by atoms with van der Waals surface area (Å²) in [5, 5.41) is 86.8. The van der Waals surface area contributed by atoms with E-state index in [-0.39, 0.29) is 96.2 Å². The molecule has 0 unspecified atom stereocenters. The van der Waals surface area contributed by atoms with E-state index in [4.69, 9.17) is 39.2 Å². The number of nitrogens with one attached hydrogen (secondary N) is 18. The fourth-order valence-corrected chi connectivity index (χ4v) is 13.1. The number of hydrogen-bond acceptors (Lipinski definition) is 16. The minimum Gasteiger partial charge on any atom is -0.481 e. The molecule has 616 valence electrons. The number of para-hydroxylation sites is 3. The lowest BCUT2D eigenvalue weighted by Gasteiger charge is -2.28. The molecule has 116 heavy (non-hydrogen) atoms. The molecular weight excluding hydrogens is 1500 g/mol. The van der Waals surface area contributed by atoms with E-state index in [1.54, 1.807) is 128 Å². The van der Waals surface area contributed by atoms with E-state index in [9.17, 15) is 44.1 Å². The predicted octanol–water partition coefficient (Wildman–Crippen LogP) is -0.0617. The van der Waals surface area contributed by atoms with Gasteiger partial charge in [-0.15, -0.1) is 0 Å². The Morgan fingerprint density at radius 2 is 0.578 bits per heavy atom. The molecule has 8 rings (SSSR count). The van der Waals surface area contributed by atoms with Crippen molar-refractivity contribution >= 4 is 122 Å². The standard InChI is InChI=1S/C79H100N22O15/c80-52(38-46-41-90-53-23-10-7-20-49(46)53)67(106)98-61(36-44-16-3-1-4-17-44)72(111)95-56(26-13-33-87-77(81)82)68(107)93-57(27-14-34-88-78(83)84)69(108)100-63(39-47-42-91-54-24-11-8-21-50(47)54)74(113)96-59(29-31-65(102)103)71(110)94-58(28-15-35-89-79(85)86)70(109)101-64(40-48-43-92-55-25-12-9-22-51(48)55)75(114)99-62(37-45-18-5-2-6-19-45)73(112)97-60(76(115)116)30-32-66(104)105/h1-12,16-25,41-43,52,56-64,90-92H,13-15,26-40,80H2,(H,93,107)(H,94,110)(H,95,111)(H,96,113)(H,97,112)(H,98,106)(H,99,114)(H,100,108)(H,101,109)(H,102,103)(H,104,105)(H,115,116)(H4,81,82,87)(H4,83,84,88)(H4,85,86,89)/t52-,56-,57-,58-,59-,60-,61-,62-,63-,64-/m0/s1. The van der Waals surface area contributed by atoms with Gasteiger partial charge in [-0.25, -0.2) is 4.79 Å². The Bertz CT molecular complexity index is 4780. The summed E-state index contributed by atoms with van der Waals surface area (Å²) in [5.41, 5.74) is 28.3. The Morgan fingerprint density at radius 1 is 0.319 bits per heavy atom. The lowest BCUT2D eigenvalue weighted by Crippen LogP contribution is -2.61. The number of hydrogen-bond donors (Lipinski definition) is 25. The normalized spacial score (nSPS) is 13.7. The van der Waals surface area contributed by atoms with E-state index >= 15 is 28.8 Å². The first-order chi connectivity index (χ1) is 55.6. The molecule has 37 nitrogen and oxygen atoms in total. The highest BCUT2D eigenvalue weighted by atomic mass is 16.4. The highest BCUT2D eigenvalue weighted by Gasteiger charge is 2.37. The molecule has 0 aliphatic rings. The maximum absolute atomic E-state index is 15.3. The summed E-state index contributed by atoms with van der Waals surface area (Å²) in [4.78, 5) is 180. The number of aromatic nitrogens is 3. The van der Waals surface area contributed by atoms with E-state index in [2.05, 4.69) is 78.8 Å². The molecule has 0 bridgehead atoms. The van der Waals surface area contributed by atoms with Gasteiger partial charge in [-0.2, -0.15) is 0 Å². The molecule has 29 N–H and O–H groups in total. The van der Waals surface area contributed by atoms with E-state index in [1.807, 2.05) is 24.3 Å². The summed E-state index contributed by atoms with van der Waals surface area (Å²) in [6.45, 7) is -0.0243. The summed E-state index contributed by atoms with van der Waals surface area (Å²) >= 11 is 0. The van der Waals surface area contributed by atoms with Gasteiger partial charge in [0.2, 0.25) is 53.2 Å². The minimum absolute atomic E-state index is 0.0116. The highest BCUT2D eigenvalue weighted by molar-refractivity contribution is 6.00. The van der Waals surface area contributed by atoms with Crippen LogP contribution in [0.25, 0.3) is 32.7 Å². The van der Waals surface area contributed by atoms with Crippen LogP contribution in [-0.2, 0) is 89.6 Å². The number of H-pyrrole nitrogens is 3. The van der Waals surface area contributed by atoms with Gasteiger partial charge in [-0.1, -0.05) is 115 Å². The molecule has 9 amide bonds. The average molecular weight is 1600 g/mol. The van der Waals surface area contributed by atoms with Crippen LogP contribution in [0.3, 0.4) is 0 Å². The second-order valence-corrected chi connectivity index (χ2v) is 27.9. The van der Waals surface area contributed by atoms with Crippen LogP contribution in [0.4, 0.5) is 0 Å². The fourth-order valence-electron chi connectivity index (χ4n) is 13.1. The number of fused-ring (bicyclic) bond motifs is 3. The van der Waals surface area contributed by atoms with Gasteiger partial charge in [0, 0.05) is 109 Å². The quantitative estimate of drug-likeness (QED) is 0.0135. The van der Waals surface area contributed by atoms with Crippen molar-refractivity contribution < 1.29 is 72.9 Å². The van der Waals surface area contributed by atoms with Crippen molar-refractivity contribution in [1.82, 2.24) is 78.8 Å². The van der Waals surface area contributed by atoms with Crippen molar-refractivity contribution in [3.8, 4) is 0 Å². The summed E-state index contributed by atoms with van der Waals surface area (Å²) < 4.78 is 0. The van der Waals surface area contributed by atoms with Gasteiger partial charge in [0.1, 0.15) is 54.4 Å². The second kappa shape index (κ2) is 43.8. The van der Waals surface area contributed by atoms with Crippen LogP contribution >= 0.6 is 0 Å². The Balaban J connectivity index is 1.09. The van der Waals surface area contributed by atoms with Gasteiger partial charge in [0.25, 0.3) is 0 Å². The molecule has 10 atom stereocenters. The molecule has 0 aliphatic carbocycles. The Labute approximate surface area is 665 Å².